The molecule has 0 spiro atoms. The van der Waals surface area contributed by atoms with Crippen molar-refractivity contribution in [2.45, 2.75) is 297 Å². The van der Waals surface area contributed by atoms with Crippen molar-refractivity contribution in [1.29, 1.82) is 0 Å². The van der Waals surface area contributed by atoms with E-state index in [1.54, 1.807) is 0 Å². The highest BCUT2D eigenvalue weighted by Crippen LogP contribution is 2.15. The maximum atomic E-state index is 12.9. The minimum atomic E-state index is -0.802. The second-order valence-electron chi connectivity index (χ2n) is 21.3. The van der Waals surface area contributed by atoms with Gasteiger partial charge in [-0.05, 0) is 122 Å². The molecule has 6 nitrogen and oxygen atoms in total. The van der Waals surface area contributed by atoms with Crippen LogP contribution in [0, 0.1) is 0 Å². The fraction of sp³-hybridized carbons (Fsp3) is 0.658. The second-order valence-corrected chi connectivity index (χ2v) is 21.3. The number of hydrogen-bond acceptors (Lipinski definition) is 6. The summed E-state index contributed by atoms with van der Waals surface area (Å²) in [6.45, 7) is 6.46. The molecule has 79 heavy (non-hydrogen) atoms. The molecule has 0 bridgehead atoms. The van der Waals surface area contributed by atoms with Gasteiger partial charge >= 0.3 is 17.9 Å². The minimum Gasteiger partial charge on any atom is -0.462 e. The van der Waals surface area contributed by atoms with E-state index in [0.717, 1.165) is 116 Å². The first-order chi connectivity index (χ1) is 39.0. The third-order valence-corrected chi connectivity index (χ3v) is 13.6. The smallest absolute Gasteiger partial charge is 0.306 e. The van der Waals surface area contributed by atoms with Crippen molar-refractivity contribution in [1.82, 2.24) is 0 Å². The standard InChI is InChI=1S/C73H120O6/c1-4-7-10-13-16-19-21-23-25-27-29-31-33-35-36-38-39-41-43-45-47-49-51-54-57-60-63-66-72(75)78-69-70(68-77-71(74)65-62-59-56-53-18-15-12-9-6-3)79-73(76)67-64-61-58-55-52-50-48-46-44-42-40-37-34-32-30-28-26-24-22-20-17-14-11-8-5-2/h7,10,16,19,22-25,28-31,34-37,39,41,45,47,51,54,70H,4-6,8-9,11-15,17-18,20-21,26-27,32-33,38,40,42-44,46,48-50,52-53,55-69H2,1-3H3/b10-7-,19-16-,24-22-,25-23-,30-28-,31-29-,36-35-,37-34-,41-39-,47-45-,54-51-. The van der Waals surface area contributed by atoms with Crippen LogP contribution < -0.4 is 0 Å². The van der Waals surface area contributed by atoms with E-state index in [0.29, 0.717) is 25.7 Å². The molecule has 0 heterocycles. The molecule has 6 heteroatoms. The van der Waals surface area contributed by atoms with Crippen molar-refractivity contribution in [3.05, 3.63) is 134 Å². The number of unbranched alkanes of at least 4 members (excludes halogenated alkanes) is 25. The predicted molar refractivity (Wildman–Crippen MR) is 343 cm³/mol. The average molecular weight is 1090 g/mol. The van der Waals surface area contributed by atoms with Gasteiger partial charge < -0.3 is 14.2 Å². The van der Waals surface area contributed by atoms with Gasteiger partial charge in [-0.15, -0.1) is 0 Å². The monoisotopic (exact) mass is 1090 g/mol. The first-order valence-electron chi connectivity index (χ1n) is 32.7. The molecule has 0 saturated heterocycles. The Morgan fingerprint density at radius 3 is 0.797 bits per heavy atom. The Kier molecular flexibility index (Phi) is 62.3. The molecule has 0 aromatic heterocycles. The van der Waals surface area contributed by atoms with Crippen molar-refractivity contribution < 1.29 is 28.6 Å². The fourth-order valence-electron chi connectivity index (χ4n) is 8.76. The summed E-state index contributed by atoms with van der Waals surface area (Å²) in [5.41, 5.74) is 0. The summed E-state index contributed by atoms with van der Waals surface area (Å²) in [5.74, 6) is -0.946. The lowest BCUT2D eigenvalue weighted by Gasteiger charge is -2.18. The molecule has 1 atom stereocenters. The van der Waals surface area contributed by atoms with Crippen molar-refractivity contribution in [2.24, 2.45) is 0 Å². The molecule has 0 N–H and O–H groups in total. The van der Waals surface area contributed by atoms with Gasteiger partial charge in [0.2, 0.25) is 0 Å². The summed E-state index contributed by atoms with van der Waals surface area (Å²) in [7, 11) is 0. The number of esters is 3. The highest BCUT2D eigenvalue weighted by atomic mass is 16.6. The summed E-state index contributed by atoms with van der Waals surface area (Å²) in [4.78, 5) is 38.2. The van der Waals surface area contributed by atoms with Gasteiger partial charge in [0.05, 0.1) is 0 Å². The molecule has 0 aliphatic carbocycles. The summed E-state index contributed by atoms with van der Waals surface area (Å²) in [5, 5.41) is 0. The van der Waals surface area contributed by atoms with Crippen molar-refractivity contribution >= 4 is 17.9 Å². The van der Waals surface area contributed by atoms with Crippen LogP contribution in [0.5, 0.6) is 0 Å². The van der Waals surface area contributed by atoms with Crippen molar-refractivity contribution in [3.8, 4) is 0 Å². The summed E-state index contributed by atoms with van der Waals surface area (Å²) >= 11 is 0. The lowest BCUT2D eigenvalue weighted by molar-refractivity contribution is -0.167. The molecule has 0 rings (SSSR count). The third-order valence-electron chi connectivity index (χ3n) is 13.6. The van der Waals surface area contributed by atoms with Gasteiger partial charge in [0.25, 0.3) is 0 Å². The van der Waals surface area contributed by atoms with E-state index in [2.05, 4.69) is 154 Å². The van der Waals surface area contributed by atoms with Crippen LogP contribution in [0.25, 0.3) is 0 Å². The third kappa shape index (κ3) is 64.3. The van der Waals surface area contributed by atoms with Crippen LogP contribution in [-0.4, -0.2) is 37.2 Å². The van der Waals surface area contributed by atoms with E-state index in [1.807, 2.05) is 0 Å². The zero-order valence-corrected chi connectivity index (χ0v) is 51.3. The largest absolute Gasteiger partial charge is 0.462 e. The van der Waals surface area contributed by atoms with Gasteiger partial charge in [-0.3, -0.25) is 14.4 Å². The van der Waals surface area contributed by atoms with Crippen LogP contribution in [0.3, 0.4) is 0 Å². The summed E-state index contributed by atoms with van der Waals surface area (Å²) in [6, 6.07) is 0. The van der Waals surface area contributed by atoms with Gasteiger partial charge in [0, 0.05) is 19.3 Å². The Bertz CT molecular complexity index is 1680. The maximum Gasteiger partial charge on any atom is 0.306 e. The normalized spacial score (nSPS) is 13.0. The molecule has 0 radical (unpaired) electrons. The van der Waals surface area contributed by atoms with Crippen LogP contribution in [0.15, 0.2) is 134 Å². The second kappa shape index (κ2) is 66.1. The quantitative estimate of drug-likeness (QED) is 0.0261. The van der Waals surface area contributed by atoms with Gasteiger partial charge in [-0.1, -0.05) is 283 Å². The summed E-state index contributed by atoms with van der Waals surface area (Å²) < 4.78 is 16.8. The number of rotatable bonds is 58. The van der Waals surface area contributed by atoms with Crippen molar-refractivity contribution in [2.75, 3.05) is 13.2 Å². The number of carbonyl (C=O) groups excluding carboxylic acids is 3. The number of allylic oxidation sites excluding steroid dienone is 22. The van der Waals surface area contributed by atoms with E-state index in [4.69, 9.17) is 14.2 Å². The van der Waals surface area contributed by atoms with Crippen LogP contribution in [0.4, 0.5) is 0 Å². The molecular weight excluding hydrogens is 973 g/mol. The maximum absolute atomic E-state index is 12.9. The lowest BCUT2D eigenvalue weighted by atomic mass is 10.0. The molecule has 0 amide bonds. The van der Waals surface area contributed by atoms with Crippen LogP contribution in [0.1, 0.15) is 290 Å². The molecule has 0 aliphatic heterocycles. The average Bonchev–Trinajstić information content (AvgIpc) is 3.45. The van der Waals surface area contributed by atoms with Gasteiger partial charge in [-0.25, -0.2) is 0 Å². The molecule has 0 aliphatic rings. The number of carbonyl (C=O) groups is 3. The molecule has 0 saturated carbocycles. The van der Waals surface area contributed by atoms with E-state index < -0.39 is 6.10 Å². The van der Waals surface area contributed by atoms with Crippen molar-refractivity contribution in [3.63, 3.8) is 0 Å². The SMILES string of the molecule is CC/C=C\C/C=C\C/C=C\C/C=C\C/C=C\C/C=C\C/C=C\C/C=C\CCCCC(=O)OCC(COC(=O)CCCCCCCCCCC)OC(=O)CCCCCCCCCCCC/C=C\C/C=C\C/C=C\CCCCCCC. The Morgan fingerprint density at radius 1 is 0.266 bits per heavy atom. The zero-order valence-electron chi connectivity index (χ0n) is 51.3. The molecule has 0 aromatic rings. The predicted octanol–water partition coefficient (Wildman–Crippen LogP) is 22.5. The van der Waals surface area contributed by atoms with Gasteiger partial charge in [-0.2, -0.15) is 0 Å². The van der Waals surface area contributed by atoms with Gasteiger partial charge in [0.1, 0.15) is 13.2 Å². The Balaban J connectivity index is 4.33. The van der Waals surface area contributed by atoms with Gasteiger partial charge in [0.15, 0.2) is 6.10 Å². The van der Waals surface area contributed by atoms with E-state index in [1.165, 1.54) is 128 Å². The zero-order chi connectivity index (χ0) is 57.1. The highest BCUT2D eigenvalue weighted by molar-refractivity contribution is 5.71. The van der Waals surface area contributed by atoms with E-state index >= 15 is 0 Å². The topological polar surface area (TPSA) is 78.9 Å². The first-order valence-corrected chi connectivity index (χ1v) is 32.7. The molecule has 0 aromatic carbocycles. The molecular formula is C73H120O6. The first kappa shape index (κ1) is 74.5. The Morgan fingerprint density at radius 2 is 0.494 bits per heavy atom. The lowest BCUT2D eigenvalue weighted by Crippen LogP contribution is -2.30. The number of hydrogen-bond donors (Lipinski definition) is 0. The van der Waals surface area contributed by atoms with Crippen LogP contribution in [0.2, 0.25) is 0 Å². The highest BCUT2D eigenvalue weighted by Gasteiger charge is 2.19. The fourth-order valence-corrected chi connectivity index (χ4v) is 8.76. The minimum absolute atomic E-state index is 0.0954. The van der Waals surface area contributed by atoms with Crippen LogP contribution in [-0.2, 0) is 28.6 Å². The molecule has 448 valence electrons. The Hall–Kier alpha value is -4.45. The van der Waals surface area contributed by atoms with Crippen LogP contribution >= 0.6 is 0 Å². The molecule has 0 fully saturated rings. The molecule has 1 unspecified atom stereocenters. The summed E-state index contributed by atoms with van der Waals surface area (Å²) in [6.07, 6.45) is 93.3. The van der Waals surface area contributed by atoms with E-state index in [-0.39, 0.29) is 31.1 Å². The Labute approximate surface area is 487 Å². The van der Waals surface area contributed by atoms with E-state index in [9.17, 15) is 14.4 Å². The number of ether oxygens (including phenoxy) is 3.